The van der Waals surface area contributed by atoms with Gasteiger partial charge in [-0.05, 0) is 30.4 Å². The van der Waals surface area contributed by atoms with Crippen molar-refractivity contribution in [1.29, 1.82) is 0 Å². The molecule has 0 aliphatic carbocycles. The number of nitrogens with zero attached hydrogens (tertiary/aromatic N) is 2. The Kier molecular flexibility index (Phi) is 5.07. The van der Waals surface area contributed by atoms with E-state index in [4.69, 9.17) is 4.74 Å². The molecule has 4 nitrogen and oxygen atoms in total. The lowest BCUT2D eigenvalue weighted by atomic mass is 10.1. The van der Waals surface area contributed by atoms with E-state index in [2.05, 4.69) is 11.9 Å². The standard InChI is InChI=1S/C16H20N2O2S/c1-5-21-16-17-11(2)14(15(19)18(16)3)10-12-6-8-13(20-4)9-7-12/h6-9H,5,10H2,1-4H3. The maximum absolute atomic E-state index is 12.5. The van der Waals surface area contributed by atoms with Crippen LogP contribution in [0.5, 0.6) is 5.75 Å². The van der Waals surface area contributed by atoms with Crippen LogP contribution in [-0.2, 0) is 13.5 Å². The van der Waals surface area contributed by atoms with Crippen molar-refractivity contribution < 1.29 is 4.74 Å². The molecule has 1 aromatic heterocycles. The molecule has 1 aromatic carbocycles. The summed E-state index contributed by atoms with van der Waals surface area (Å²) in [4.78, 5) is 17.1. The van der Waals surface area contributed by atoms with E-state index < -0.39 is 0 Å². The van der Waals surface area contributed by atoms with Gasteiger partial charge in [0, 0.05) is 24.7 Å². The minimum Gasteiger partial charge on any atom is -0.497 e. The Bertz CT molecular complexity index is 678. The van der Waals surface area contributed by atoms with E-state index in [1.165, 1.54) is 0 Å². The molecule has 112 valence electrons. The average Bonchev–Trinajstić information content (AvgIpc) is 2.50. The van der Waals surface area contributed by atoms with Crippen LogP contribution in [0.1, 0.15) is 23.7 Å². The monoisotopic (exact) mass is 304 g/mol. The first-order valence-electron chi connectivity index (χ1n) is 6.89. The molecule has 1 heterocycles. The number of aromatic nitrogens is 2. The quantitative estimate of drug-likeness (QED) is 0.629. The lowest BCUT2D eigenvalue weighted by Gasteiger charge is -2.11. The van der Waals surface area contributed by atoms with Crippen LogP contribution in [0.4, 0.5) is 0 Å². The second kappa shape index (κ2) is 6.80. The number of hydrogen-bond acceptors (Lipinski definition) is 4. The highest BCUT2D eigenvalue weighted by atomic mass is 32.2. The Hall–Kier alpha value is -1.75. The number of hydrogen-bond donors (Lipinski definition) is 0. The van der Waals surface area contributed by atoms with Gasteiger partial charge in [-0.3, -0.25) is 9.36 Å². The van der Waals surface area contributed by atoms with E-state index in [-0.39, 0.29) is 5.56 Å². The molecule has 2 rings (SSSR count). The molecule has 2 aromatic rings. The van der Waals surface area contributed by atoms with Gasteiger partial charge in [0.1, 0.15) is 5.75 Å². The smallest absolute Gasteiger partial charge is 0.257 e. The van der Waals surface area contributed by atoms with E-state index in [1.807, 2.05) is 31.2 Å². The first-order chi connectivity index (χ1) is 10.1. The van der Waals surface area contributed by atoms with E-state index in [9.17, 15) is 4.79 Å². The number of rotatable bonds is 5. The Morgan fingerprint density at radius 3 is 2.52 bits per heavy atom. The van der Waals surface area contributed by atoms with E-state index >= 15 is 0 Å². The van der Waals surface area contributed by atoms with Crippen molar-refractivity contribution in [3.05, 3.63) is 51.4 Å². The van der Waals surface area contributed by atoms with Crippen molar-refractivity contribution in [2.45, 2.75) is 25.4 Å². The van der Waals surface area contributed by atoms with Gasteiger partial charge in [-0.25, -0.2) is 4.98 Å². The summed E-state index contributed by atoms with van der Waals surface area (Å²) in [5.74, 6) is 1.72. The van der Waals surface area contributed by atoms with Gasteiger partial charge in [-0.2, -0.15) is 0 Å². The van der Waals surface area contributed by atoms with Gasteiger partial charge < -0.3 is 4.74 Å². The Morgan fingerprint density at radius 1 is 1.29 bits per heavy atom. The minimum absolute atomic E-state index is 0.0364. The predicted octanol–water partition coefficient (Wildman–Crippen LogP) is 2.80. The van der Waals surface area contributed by atoms with Crippen molar-refractivity contribution in [2.75, 3.05) is 12.9 Å². The third-order valence-corrected chi connectivity index (χ3v) is 4.28. The minimum atomic E-state index is 0.0364. The number of benzene rings is 1. The van der Waals surface area contributed by atoms with Crippen LogP contribution in [0.3, 0.4) is 0 Å². The molecule has 21 heavy (non-hydrogen) atoms. The molecule has 0 amide bonds. The second-order valence-electron chi connectivity index (χ2n) is 4.78. The summed E-state index contributed by atoms with van der Waals surface area (Å²) in [5.41, 5.74) is 2.68. The van der Waals surface area contributed by atoms with Crippen LogP contribution in [0.15, 0.2) is 34.2 Å². The maximum Gasteiger partial charge on any atom is 0.257 e. The Balaban J connectivity index is 2.35. The van der Waals surface area contributed by atoms with Crippen LogP contribution in [0, 0.1) is 6.92 Å². The predicted molar refractivity (Wildman–Crippen MR) is 86.4 cm³/mol. The van der Waals surface area contributed by atoms with Gasteiger partial charge in [0.2, 0.25) is 0 Å². The second-order valence-corrected chi connectivity index (χ2v) is 6.01. The molecular formula is C16H20N2O2S. The molecule has 0 bridgehead atoms. The SMILES string of the molecule is CCSc1nc(C)c(Cc2ccc(OC)cc2)c(=O)n1C. The molecule has 0 N–H and O–H groups in total. The van der Waals surface area contributed by atoms with Crippen LogP contribution < -0.4 is 10.3 Å². The van der Waals surface area contributed by atoms with Crippen LogP contribution in [0.2, 0.25) is 0 Å². The summed E-state index contributed by atoms with van der Waals surface area (Å²) in [7, 11) is 3.42. The zero-order valence-electron chi connectivity index (χ0n) is 12.8. The summed E-state index contributed by atoms with van der Waals surface area (Å²) in [6.45, 7) is 3.96. The fraction of sp³-hybridized carbons (Fsp3) is 0.375. The average molecular weight is 304 g/mol. The number of aryl methyl sites for hydroxylation is 1. The first-order valence-corrected chi connectivity index (χ1v) is 7.87. The summed E-state index contributed by atoms with van der Waals surface area (Å²) >= 11 is 1.59. The lowest BCUT2D eigenvalue weighted by molar-refractivity contribution is 0.414. The molecule has 0 saturated carbocycles. The highest BCUT2D eigenvalue weighted by Crippen LogP contribution is 2.17. The van der Waals surface area contributed by atoms with Gasteiger partial charge >= 0.3 is 0 Å². The zero-order valence-corrected chi connectivity index (χ0v) is 13.7. The van der Waals surface area contributed by atoms with E-state index in [1.54, 1.807) is 30.5 Å². The zero-order chi connectivity index (χ0) is 15.4. The van der Waals surface area contributed by atoms with Gasteiger partial charge in [-0.1, -0.05) is 30.8 Å². The molecule has 5 heteroatoms. The van der Waals surface area contributed by atoms with Crippen LogP contribution >= 0.6 is 11.8 Å². The number of methoxy groups -OCH3 is 1. The summed E-state index contributed by atoms with van der Waals surface area (Å²) in [5, 5.41) is 0.776. The summed E-state index contributed by atoms with van der Waals surface area (Å²) in [6.07, 6.45) is 0.590. The van der Waals surface area contributed by atoms with Crippen molar-refractivity contribution in [1.82, 2.24) is 9.55 Å². The van der Waals surface area contributed by atoms with Gasteiger partial charge in [-0.15, -0.1) is 0 Å². The topological polar surface area (TPSA) is 44.1 Å². The van der Waals surface area contributed by atoms with E-state index in [0.29, 0.717) is 6.42 Å². The molecule has 0 saturated heterocycles. The van der Waals surface area contributed by atoms with E-state index in [0.717, 1.165) is 33.5 Å². The molecule has 0 unspecified atom stereocenters. The first kappa shape index (κ1) is 15.6. The highest BCUT2D eigenvalue weighted by molar-refractivity contribution is 7.99. The molecule has 0 aliphatic heterocycles. The number of thioether (sulfide) groups is 1. The lowest BCUT2D eigenvalue weighted by Crippen LogP contribution is -2.25. The highest BCUT2D eigenvalue weighted by Gasteiger charge is 2.12. The fourth-order valence-corrected chi connectivity index (χ4v) is 2.88. The van der Waals surface area contributed by atoms with Gasteiger partial charge in [0.25, 0.3) is 5.56 Å². The maximum atomic E-state index is 12.5. The van der Waals surface area contributed by atoms with Crippen LogP contribution in [-0.4, -0.2) is 22.4 Å². The van der Waals surface area contributed by atoms with Crippen LogP contribution in [0.25, 0.3) is 0 Å². The van der Waals surface area contributed by atoms with Crippen molar-refractivity contribution in [2.24, 2.45) is 7.05 Å². The van der Waals surface area contributed by atoms with Crippen molar-refractivity contribution >= 4 is 11.8 Å². The van der Waals surface area contributed by atoms with Crippen molar-refractivity contribution in [3.8, 4) is 5.75 Å². The third kappa shape index (κ3) is 3.47. The molecule has 0 atom stereocenters. The third-order valence-electron chi connectivity index (χ3n) is 3.36. The normalized spacial score (nSPS) is 10.7. The van der Waals surface area contributed by atoms with Gasteiger partial charge in [0.05, 0.1) is 7.11 Å². The van der Waals surface area contributed by atoms with Gasteiger partial charge in [0.15, 0.2) is 5.16 Å². The Labute approximate surface area is 129 Å². The largest absolute Gasteiger partial charge is 0.497 e. The van der Waals surface area contributed by atoms with Crippen molar-refractivity contribution in [3.63, 3.8) is 0 Å². The molecular weight excluding hydrogens is 284 g/mol. The molecule has 0 aliphatic rings. The molecule has 0 spiro atoms. The Morgan fingerprint density at radius 2 is 1.95 bits per heavy atom. The number of ether oxygens (including phenoxy) is 1. The fourth-order valence-electron chi connectivity index (χ4n) is 2.14. The summed E-state index contributed by atoms with van der Waals surface area (Å²) < 4.78 is 6.79. The molecule has 0 fully saturated rings. The summed E-state index contributed by atoms with van der Waals surface area (Å²) in [6, 6.07) is 7.77. The molecule has 0 radical (unpaired) electrons.